The van der Waals surface area contributed by atoms with Crippen LogP contribution in [0, 0.1) is 23.7 Å². The average molecular weight is 427 g/mol. The lowest BCUT2D eigenvalue weighted by Gasteiger charge is -2.40. The van der Waals surface area contributed by atoms with Gasteiger partial charge in [-0.25, -0.2) is 0 Å². The molecule has 0 aliphatic heterocycles. The zero-order valence-corrected chi connectivity index (χ0v) is 18.9. The molecule has 162 valence electrons. The Balaban J connectivity index is 1.52. The number of allylic oxidation sites excluding steroid dienone is 2. The highest BCUT2D eigenvalue weighted by Gasteiger charge is 2.51. The van der Waals surface area contributed by atoms with Gasteiger partial charge in [-0.15, -0.1) is 0 Å². The van der Waals surface area contributed by atoms with Gasteiger partial charge in [0.1, 0.15) is 0 Å². The summed E-state index contributed by atoms with van der Waals surface area (Å²) in [5.41, 5.74) is 5.78. The fourth-order valence-electron chi connectivity index (χ4n) is 6.75. The highest BCUT2D eigenvalue weighted by atomic mass is 14.5. The fourth-order valence-corrected chi connectivity index (χ4v) is 6.75. The maximum atomic E-state index is 2.53. The second-order valence-corrected chi connectivity index (χ2v) is 9.70. The van der Waals surface area contributed by atoms with E-state index >= 15 is 0 Å². The lowest BCUT2D eigenvalue weighted by molar-refractivity contribution is 0.254. The molecule has 0 heteroatoms. The molecule has 0 N–H and O–H groups in total. The van der Waals surface area contributed by atoms with Crippen LogP contribution in [0.3, 0.4) is 0 Å². The van der Waals surface area contributed by atoms with Crippen LogP contribution in [0.4, 0.5) is 0 Å². The van der Waals surface area contributed by atoms with E-state index in [0.29, 0.717) is 35.5 Å². The summed E-state index contributed by atoms with van der Waals surface area (Å²) < 4.78 is 0. The van der Waals surface area contributed by atoms with E-state index in [4.69, 9.17) is 0 Å². The van der Waals surface area contributed by atoms with Crippen LogP contribution < -0.4 is 0 Å². The van der Waals surface area contributed by atoms with Crippen LogP contribution in [-0.2, 0) is 0 Å². The summed E-state index contributed by atoms with van der Waals surface area (Å²) in [6, 6.07) is 44.9. The molecule has 0 amide bonds. The van der Waals surface area contributed by atoms with Gasteiger partial charge in [0.25, 0.3) is 0 Å². The summed E-state index contributed by atoms with van der Waals surface area (Å²) in [7, 11) is 0. The summed E-state index contributed by atoms with van der Waals surface area (Å²) in [5.74, 6) is 3.17. The highest BCUT2D eigenvalue weighted by molar-refractivity contribution is 5.40. The third-order valence-corrected chi connectivity index (χ3v) is 7.99. The first kappa shape index (κ1) is 20.2. The second-order valence-electron chi connectivity index (χ2n) is 9.70. The van der Waals surface area contributed by atoms with Crippen molar-refractivity contribution >= 4 is 0 Å². The minimum absolute atomic E-state index is 0.396. The molecule has 0 nitrogen and oxygen atoms in total. The van der Waals surface area contributed by atoms with Crippen molar-refractivity contribution in [2.75, 3.05) is 0 Å². The molecule has 33 heavy (non-hydrogen) atoms. The molecule has 0 aromatic heterocycles. The molecule has 4 aromatic rings. The van der Waals surface area contributed by atoms with Gasteiger partial charge in [-0.05, 0) is 52.3 Å². The molecular formula is C33H30. The van der Waals surface area contributed by atoms with E-state index in [1.165, 1.54) is 28.7 Å². The van der Waals surface area contributed by atoms with Crippen molar-refractivity contribution in [1.82, 2.24) is 0 Å². The number of hydrogen-bond acceptors (Lipinski definition) is 0. The predicted molar refractivity (Wildman–Crippen MR) is 137 cm³/mol. The van der Waals surface area contributed by atoms with Gasteiger partial charge in [-0.2, -0.15) is 0 Å². The number of fused-ring (bicyclic) bond motifs is 2. The molecule has 1 fully saturated rings. The van der Waals surface area contributed by atoms with E-state index in [-0.39, 0.29) is 0 Å². The largest absolute Gasteiger partial charge is 0.0848 e. The Hall–Kier alpha value is -3.38. The van der Waals surface area contributed by atoms with Crippen molar-refractivity contribution < 1.29 is 0 Å². The van der Waals surface area contributed by atoms with E-state index in [9.17, 15) is 0 Å². The number of benzene rings is 4. The first-order valence-corrected chi connectivity index (χ1v) is 12.3. The average Bonchev–Trinajstić information content (AvgIpc) is 3.50. The van der Waals surface area contributed by atoms with Crippen molar-refractivity contribution in [1.29, 1.82) is 0 Å². The van der Waals surface area contributed by atoms with Crippen LogP contribution in [0.1, 0.15) is 40.5 Å². The van der Waals surface area contributed by atoms with Crippen molar-refractivity contribution in [3.63, 3.8) is 0 Å². The van der Waals surface area contributed by atoms with Gasteiger partial charge in [0.15, 0.2) is 0 Å². The zero-order valence-electron chi connectivity index (χ0n) is 18.9. The Morgan fingerprint density at radius 2 is 0.667 bits per heavy atom. The van der Waals surface area contributed by atoms with E-state index in [1.54, 1.807) is 0 Å². The summed E-state index contributed by atoms with van der Waals surface area (Å²) >= 11 is 0. The molecule has 0 unspecified atom stereocenters. The molecule has 2 aliphatic carbocycles. The van der Waals surface area contributed by atoms with E-state index in [1.807, 2.05) is 0 Å². The lowest BCUT2D eigenvalue weighted by atomic mass is 9.63. The van der Waals surface area contributed by atoms with E-state index in [2.05, 4.69) is 133 Å². The molecule has 0 radical (unpaired) electrons. The van der Waals surface area contributed by atoms with Gasteiger partial charge < -0.3 is 0 Å². The third-order valence-electron chi connectivity index (χ3n) is 7.99. The summed E-state index contributed by atoms with van der Waals surface area (Å²) in [5, 5.41) is 0. The zero-order chi connectivity index (χ0) is 22.0. The molecule has 0 heterocycles. The number of hydrogen-bond donors (Lipinski definition) is 0. The van der Waals surface area contributed by atoms with Crippen molar-refractivity contribution in [3.05, 3.63) is 156 Å². The predicted octanol–water partition coefficient (Wildman–Crippen LogP) is 8.09. The van der Waals surface area contributed by atoms with E-state index < -0.39 is 0 Å². The Morgan fingerprint density at radius 3 is 0.939 bits per heavy atom. The Bertz CT molecular complexity index is 1020. The summed E-state index contributed by atoms with van der Waals surface area (Å²) in [4.78, 5) is 0. The second kappa shape index (κ2) is 8.87. The molecule has 0 saturated heterocycles. The normalized spacial score (nSPS) is 23.5. The Kier molecular flexibility index (Phi) is 5.44. The maximum Gasteiger partial charge on any atom is 0.0126 e. The van der Waals surface area contributed by atoms with Crippen molar-refractivity contribution in [2.45, 2.75) is 18.3 Å². The fraction of sp³-hybridized carbons (Fsp3) is 0.212. The standard InChI is InChI=1S/C33H30/c1-5-13-24(14-6-1)30(25-15-7-2-8-16-25)32-28-21-22-29(23-28)33(32)31(26-17-9-3-10-18-26)27-19-11-4-12-20-27/h1-22,28-33H,23H2/t28-,29+,32-,33-/m1/s1. The minimum Gasteiger partial charge on any atom is -0.0848 e. The molecule has 1 saturated carbocycles. The molecule has 4 aromatic carbocycles. The van der Waals surface area contributed by atoms with Gasteiger partial charge in [0, 0.05) is 11.8 Å². The van der Waals surface area contributed by atoms with Crippen LogP contribution in [0.2, 0.25) is 0 Å². The van der Waals surface area contributed by atoms with Gasteiger partial charge in [-0.3, -0.25) is 0 Å². The van der Waals surface area contributed by atoms with Crippen LogP contribution in [0.25, 0.3) is 0 Å². The van der Waals surface area contributed by atoms with Gasteiger partial charge in [-0.1, -0.05) is 133 Å². The molecule has 2 bridgehead atoms. The first-order chi connectivity index (χ1) is 16.4. The van der Waals surface area contributed by atoms with Crippen molar-refractivity contribution in [2.24, 2.45) is 23.7 Å². The maximum absolute atomic E-state index is 2.53. The van der Waals surface area contributed by atoms with Crippen LogP contribution >= 0.6 is 0 Å². The van der Waals surface area contributed by atoms with Crippen LogP contribution in [0.5, 0.6) is 0 Å². The lowest BCUT2D eigenvalue weighted by Crippen LogP contribution is -2.32. The highest BCUT2D eigenvalue weighted by Crippen LogP contribution is 2.60. The molecule has 4 atom stereocenters. The monoisotopic (exact) mass is 426 g/mol. The Labute approximate surface area is 197 Å². The quantitative estimate of drug-likeness (QED) is 0.273. The summed E-state index contributed by atoms with van der Waals surface area (Å²) in [6.45, 7) is 0. The van der Waals surface area contributed by atoms with Crippen LogP contribution in [0.15, 0.2) is 133 Å². The third kappa shape index (κ3) is 3.74. The van der Waals surface area contributed by atoms with Crippen LogP contribution in [-0.4, -0.2) is 0 Å². The molecule has 6 rings (SSSR count). The summed E-state index contributed by atoms with van der Waals surface area (Å²) in [6.07, 6.45) is 6.33. The van der Waals surface area contributed by atoms with Gasteiger partial charge >= 0.3 is 0 Å². The molecular weight excluding hydrogens is 396 g/mol. The topological polar surface area (TPSA) is 0 Å². The van der Waals surface area contributed by atoms with Gasteiger partial charge in [0.05, 0.1) is 0 Å². The smallest absolute Gasteiger partial charge is 0.0126 e. The molecule has 2 aliphatic rings. The first-order valence-electron chi connectivity index (χ1n) is 12.3. The number of rotatable bonds is 6. The van der Waals surface area contributed by atoms with Gasteiger partial charge in [0.2, 0.25) is 0 Å². The van der Waals surface area contributed by atoms with E-state index in [0.717, 1.165) is 0 Å². The van der Waals surface area contributed by atoms with Crippen molar-refractivity contribution in [3.8, 4) is 0 Å². The minimum atomic E-state index is 0.396. The SMILES string of the molecule is C1=C[C@H]2C[C@@H]1[C@H](C(c1ccccc1)c1ccccc1)[C@H]2C(c1ccccc1)c1ccccc1. The Morgan fingerprint density at radius 1 is 0.394 bits per heavy atom. The molecule has 0 spiro atoms.